The standard InChI is InChI=1S/C15H19N3O2/c1-3-10-4-6-11(7-5-10)14-17-15(20-18-14)13-8-12(19-2)9-16-13/h4-7,12-13,16H,3,8-9H2,1-2H3/t12-,13+/m0/s1. The first kappa shape index (κ1) is 13.3. The van der Waals surface area contributed by atoms with Crippen LogP contribution in [-0.4, -0.2) is 29.9 Å². The van der Waals surface area contributed by atoms with Gasteiger partial charge < -0.3 is 14.6 Å². The highest BCUT2D eigenvalue weighted by molar-refractivity contribution is 5.54. The Morgan fingerprint density at radius 2 is 2.15 bits per heavy atom. The van der Waals surface area contributed by atoms with Crippen LogP contribution in [0.25, 0.3) is 11.4 Å². The van der Waals surface area contributed by atoms with Crippen LogP contribution < -0.4 is 5.32 Å². The molecule has 0 radical (unpaired) electrons. The van der Waals surface area contributed by atoms with Gasteiger partial charge in [-0.15, -0.1) is 0 Å². The van der Waals surface area contributed by atoms with Crippen molar-refractivity contribution in [3.63, 3.8) is 0 Å². The van der Waals surface area contributed by atoms with Crippen molar-refractivity contribution >= 4 is 0 Å². The first-order valence-corrected chi connectivity index (χ1v) is 6.99. The summed E-state index contributed by atoms with van der Waals surface area (Å²) in [5, 5.41) is 7.41. The Balaban J connectivity index is 1.76. The molecule has 0 amide bonds. The first-order valence-electron chi connectivity index (χ1n) is 6.99. The van der Waals surface area contributed by atoms with Gasteiger partial charge in [0.15, 0.2) is 0 Å². The third kappa shape index (κ3) is 2.59. The second-order valence-corrected chi connectivity index (χ2v) is 5.06. The molecule has 1 saturated heterocycles. The summed E-state index contributed by atoms with van der Waals surface area (Å²) < 4.78 is 10.7. The maximum Gasteiger partial charge on any atom is 0.244 e. The van der Waals surface area contributed by atoms with Crippen molar-refractivity contribution in [2.24, 2.45) is 0 Å². The van der Waals surface area contributed by atoms with Gasteiger partial charge in [0.2, 0.25) is 11.7 Å². The minimum atomic E-state index is 0.0936. The molecule has 1 aromatic carbocycles. The fourth-order valence-electron chi connectivity index (χ4n) is 2.45. The van der Waals surface area contributed by atoms with Crippen molar-refractivity contribution in [3.05, 3.63) is 35.7 Å². The van der Waals surface area contributed by atoms with E-state index in [-0.39, 0.29) is 12.1 Å². The molecule has 2 heterocycles. The van der Waals surface area contributed by atoms with Crippen LogP contribution in [0.5, 0.6) is 0 Å². The van der Waals surface area contributed by atoms with Gasteiger partial charge in [-0.2, -0.15) is 4.98 Å². The number of aromatic nitrogens is 2. The van der Waals surface area contributed by atoms with E-state index in [4.69, 9.17) is 9.26 Å². The fraction of sp³-hybridized carbons (Fsp3) is 0.467. The molecule has 0 bridgehead atoms. The Morgan fingerprint density at radius 3 is 2.80 bits per heavy atom. The molecule has 5 heteroatoms. The van der Waals surface area contributed by atoms with E-state index in [0.29, 0.717) is 11.7 Å². The van der Waals surface area contributed by atoms with Crippen molar-refractivity contribution in [2.45, 2.75) is 31.9 Å². The molecule has 106 valence electrons. The monoisotopic (exact) mass is 273 g/mol. The zero-order valence-electron chi connectivity index (χ0n) is 11.8. The lowest BCUT2D eigenvalue weighted by molar-refractivity contribution is 0.116. The number of hydrogen-bond acceptors (Lipinski definition) is 5. The summed E-state index contributed by atoms with van der Waals surface area (Å²) in [7, 11) is 1.73. The van der Waals surface area contributed by atoms with Crippen LogP contribution in [0.1, 0.15) is 30.8 Å². The van der Waals surface area contributed by atoms with Gasteiger partial charge in [-0.1, -0.05) is 36.3 Å². The van der Waals surface area contributed by atoms with Crippen molar-refractivity contribution in [1.82, 2.24) is 15.5 Å². The number of hydrogen-bond donors (Lipinski definition) is 1. The molecular weight excluding hydrogens is 254 g/mol. The lowest BCUT2D eigenvalue weighted by Gasteiger charge is -2.04. The number of nitrogens with zero attached hydrogens (tertiary/aromatic N) is 2. The third-order valence-corrected chi connectivity index (χ3v) is 3.78. The van der Waals surface area contributed by atoms with E-state index in [1.807, 2.05) is 12.1 Å². The molecule has 0 unspecified atom stereocenters. The largest absolute Gasteiger partial charge is 0.380 e. The predicted octanol–water partition coefficient (Wildman–Crippen LogP) is 2.35. The van der Waals surface area contributed by atoms with Gasteiger partial charge in [-0.3, -0.25) is 0 Å². The molecule has 0 saturated carbocycles. The number of methoxy groups -OCH3 is 1. The Hall–Kier alpha value is -1.72. The van der Waals surface area contributed by atoms with Gasteiger partial charge in [0.25, 0.3) is 0 Å². The Labute approximate surface area is 118 Å². The third-order valence-electron chi connectivity index (χ3n) is 3.78. The Kier molecular flexibility index (Phi) is 3.80. The smallest absolute Gasteiger partial charge is 0.244 e. The van der Waals surface area contributed by atoms with Crippen LogP contribution in [0.2, 0.25) is 0 Å². The maximum absolute atomic E-state index is 5.37. The molecule has 1 aliphatic rings. The van der Waals surface area contributed by atoms with E-state index in [0.717, 1.165) is 24.9 Å². The minimum Gasteiger partial charge on any atom is -0.380 e. The van der Waals surface area contributed by atoms with E-state index in [1.54, 1.807) is 7.11 Å². The average Bonchev–Trinajstić information content (AvgIpc) is 3.16. The summed E-state index contributed by atoms with van der Waals surface area (Å²) in [5.41, 5.74) is 2.29. The molecule has 1 aromatic heterocycles. The topological polar surface area (TPSA) is 60.2 Å². The fourth-order valence-corrected chi connectivity index (χ4v) is 2.45. The summed E-state index contributed by atoms with van der Waals surface area (Å²) >= 11 is 0. The molecule has 0 spiro atoms. The van der Waals surface area contributed by atoms with Gasteiger partial charge in [0, 0.05) is 19.2 Å². The number of nitrogens with one attached hydrogen (secondary N) is 1. The van der Waals surface area contributed by atoms with Gasteiger partial charge in [-0.05, 0) is 18.4 Å². The Morgan fingerprint density at radius 1 is 1.35 bits per heavy atom. The molecule has 3 rings (SSSR count). The SMILES string of the molecule is CCc1ccc(-c2noc([C@H]3C[C@H](OC)CN3)n2)cc1. The molecule has 2 aromatic rings. The van der Waals surface area contributed by atoms with Gasteiger partial charge in [-0.25, -0.2) is 0 Å². The number of benzene rings is 1. The average molecular weight is 273 g/mol. The number of ether oxygens (including phenoxy) is 1. The quantitative estimate of drug-likeness (QED) is 0.926. The highest BCUT2D eigenvalue weighted by Crippen LogP contribution is 2.25. The molecule has 2 atom stereocenters. The zero-order chi connectivity index (χ0) is 13.9. The van der Waals surface area contributed by atoms with Crippen molar-refractivity contribution in [3.8, 4) is 11.4 Å². The molecule has 1 N–H and O–H groups in total. The molecule has 1 aliphatic heterocycles. The van der Waals surface area contributed by atoms with Crippen LogP contribution in [0.15, 0.2) is 28.8 Å². The van der Waals surface area contributed by atoms with Crippen molar-refractivity contribution < 1.29 is 9.26 Å². The van der Waals surface area contributed by atoms with E-state index in [2.05, 4.69) is 34.5 Å². The van der Waals surface area contributed by atoms with Crippen molar-refractivity contribution in [1.29, 1.82) is 0 Å². The van der Waals surface area contributed by atoms with Gasteiger partial charge in [0.1, 0.15) is 0 Å². The molecule has 20 heavy (non-hydrogen) atoms. The highest BCUT2D eigenvalue weighted by atomic mass is 16.5. The number of rotatable bonds is 4. The molecule has 1 fully saturated rings. The summed E-state index contributed by atoms with van der Waals surface area (Å²) in [6, 6.07) is 8.36. The molecule has 0 aliphatic carbocycles. The lowest BCUT2D eigenvalue weighted by atomic mass is 10.1. The minimum absolute atomic E-state index is 0.0936. The van der Waals surface area contributed by atoms with Gasteiger partial charge in [0.05, 0.1) is 12.1 Å². The molecular formula is C15H19N3O2. The van der Waals surface area contributed by atoms with Gasteiger partial charge >= 0.3 is 0 Å². The van der Waals surface area contributed by atoms with Crippen LogP contribution in [0.4, 0.5) is 0 Å². The Bertz CT molecular complexity index is 565. The summed E-state index contributed by atoms with van der Waals surface area (Å²) in [5.74, 6) is 1.28. The van der Waals surface area contributed by atoms with Crippen LogP contribution in [0.3, 0.4) is 0 Å². The number of aryl methyl sites for hydroxylation is 1. The maximum atomic E-state index is 5.37. The van der Waals surface area contributed by atoms with E-state index < -0.39 is 0 Å². The predicted molar refractivity (Wildman–Crippen MR) is 75.3 cm³/mol. The first-order chi connectivity index (χ1) is 9.80. The second-order valence-electron chi connectivity index (χ2n) is 5.06. The van der Waals surface area contributed by atoms with Crippen molar-refractivity contribution in [2.75, 3.05) is 13.7 Å². The van der Waals surface area contributed by atoms with E-state index in [1.165, 1.54) is 5.56 Å². The summed E-state index contributed by atoms with van der Waals surface area (Å²) in [6.45, 7) is 2.96. The lowest BCUT2D eigenvalue weighted by Crippen LogP contribution is -2.16. The molecule has 5 nitrogen and oxygen atoms in total. The van der Waals surface area contributed by atoms with Crippen LogP contribution in [-0.2, 0) is 11.2 Å². The summed E-state index contributed by atoms with van der Waals surface area (Å²) in [6.07, 6.45) is 2.12. The summed E-state index contributed by atoms with van der Waals surface area (Å²) in [4.78, 5) is 4.49. The normalized spacial score (nSPS) is 22.3. The second kappa shape index (κ2) is 5.73. The van der Waals surface area contributed by atoms with Crippen LogP contribution >= 0.6 is 0 Å². The zero-order valence-corrected chi connectivity index (χ0v) is 11.8. The highest BCUT2D eigenvalue weighted by Gasteiger charge is 2.29. The van der Waals surface area contributed by atoms with E-state index in [9.17, 15) is 0 Å². The van der Waals surface area contributed by atoms with E-state index >= 15 is 0 Å². The van der Waals surface area contributed by atoms with Crippen LogP contribution in [0, 0.1) is 0 Å².